The number of para-hydroxylation sites is 1. The average molecular weight is 497 g/mol. The second-order valence-electron chi connectivity index (χ2n) is 8.32. The molecule has 0 aliphatic carbocycles. The Morgan fingerprint density at radius 1 is 1.22 bits per heavy atom. The fourth-order valence-electron chi connectivity index (χ4n) is 4.25. The van der Waals surface area contributed by atoms with Crippen LogP contribution < -0.4 is 5.32 Å². The van der Waals surface area contributed by atoms with Crippen molar-refractivity contribution < 1.29 is 9.53 Å². The minimum absolute atomic E-state index is 0.0426. The van der Waals surface area contributed by atoms with Gasteiger partial charge in [0.1, 0.15) is 17.1 Å². The van der Waals surface area contributed by atoms with Crippen LogP contribution in [-0.4, -0.2) is 57.2 Å². The molecule has 1 amide bonds. The third-order valence-electron chi connectivity index (χ3n) is 6.08. The molecule has 4 heterocycles. The van der Waals surface area contributed by atoms with Crippen molar-refractivity contribution in [1.29, 1.82) is 0 Å². The number of aryl methyl sites for hydroxylation is 1. The highest BCUT2D eigenvalue weighted by Gasteiger charge is 2.30. The molecule has 9 heteroatoms. The van der Waals surface area contributed by atoms with Crippen LogP contribution in [0.3, 0.4) is 0 Å². The predicted molar refractivity (Wildman–Crippen MR) is 126 cm³/mol. The molecule has 0 unspecified atom stereocenters. The summed E-state index contributed by atoms with van der Waals surface area (Å²) in [5, 5.41) is 7.88. The molecular formula is C23H25BrN6O2. The second kappa shape index (κ2) is 8.46. The lowest BCUT2D eigenvalue weighted by molar-refractivity contribution is 0.0663. The summed E-state index contributed by atoms with van der Waals surface area (Å²) in [6.07, 6.45) is 7.18. The Kier molecular flexibility index (Phi) is 5.50. The summed E-state index contributed by atoms with van der Waals surface area (Å²) in [5.74, 6) is 1.96. The molecule has 0 radical (unpaired) electrons. The summed E-state index contributed by atoms with van der Waals surface area (Å²) in [7, 11) is 2.01. The highest BCUT2D eigenvalue weighted by molar-refractivity contribution is 9.10. The van der Waals surface area contributed by atoms with Crippen LogP contribution in [0.4, 0.5) is 11.5 Å². The predicted octanol–water partition coefficient (Wildman–Crippen LogP) is 4.16. The van der Waals surface area contributed by atoms with Crippen LogP contribution >= 0.6 is 15.9 Å². The summed E-state index contributed by atoms with van der Waals surface area (Å²) < 4.78 is 8.24. The molecule has 32 heavy (non-hydrogen) atoms. The van der Waals surface area contributed by atoms with Crippen LogP contribution in [0.2, 0.25) is 0 Å². The number of hydrogen-bond acceptors (Lipinski definition) is 6. The van der Waals surface area contributed by atoms with E-state index in [0.29, 0.717) is 42.8 Å². The number of halogens is 1. The zero-order valence-electron chi connectivity index (χ0n) is 18.1. The first-order valence-electron chi connectivity index (χ1n) is 10.7. The zero-order chi connectivity index (χ0) is 22.2. The van der Waals surface area contributed by atoms with Gasteiger partial charge in [-0.2, -0.15) is 9.61 Å². The SMILES string of the molecule is Cc1ccccc1Nc1c(C(=O)N2CCC(C3=CN(C)CO3)CC2)cnc2c(Br)cnn12. The van der Waals surface area contributed by atoms with E-state index in [-0.39, 0.29) is 5.91 Å². The molecule has 8 nitrogen and oxygen atoms in total. The fourth-order valence-corrected chi connectivity index (χ4v) is 4.61. The summed E-state index contributed by atoms with van der Waals surface area (Å²) in [4.78, 5) is 22.0. The van der Waals surface area contributed by atoms with Gasteiger partial charge in [0.15, 0.2) is 12.4 Å². The maximum atomic E-state index is 13.6. The van der Waals surface area contributed by atoms with E-state index in [9.17, 15) is 4.79 Å². The zero-order valence-corrected chi connectivity index (χ0v) is 19.7. The van der Waals surface area contributed by atoms with Gasteiger partial charge in [-0.25, -0.2) is 4.98 Å². The van der Waals surface area contributed by atoms with Crippen LogP contribution in [-0.2, 0) is 4.74 Å². The van der Waals surface area contributed by atoms with Crippen LogP contribution in [0.25, 0.3) is 5.65 Å². The molecule has 5 rings (SSSR count). The third-order valence-corrected chi connectivity index (χ3v) is 6.64. The van der Waals surface area contributed by atoms with Crippen molar-refractivity contribution in [3.63, 3.8) is 0 Å². The number of carbonyl (C=O) groups is 1. The first-order valence-corrected chi connectivity index (χ1v) is 11.5. The normalized spacial score (nSPS) is 16.9. The Balaban J connectivity index is 1.43. The Hall–Kier alpha value is -3.07. The highest BCUT2D eigenvalue weighted by Crippen LogP contribution is 2.31. The number of nitrogens with zero attached hydrogens (tertiary/aromatic N) is 5. The molecule has 166 valence electrons. The van der Waals surface area contributed by atoms with E-state index in [0.717, 1.165) is 34.3 Å². The number of fused-ring (bicyclic) bond motifs is 1. The second-order valence-corrected chi connectivity index (χ2v) is 9.17. The van der Waals surface area contributed by atoms with E-state index >= 15 is 0 Å². The number of likely N-dealkylation sites (tertiary alicyclic amines) is 1. The minimum Gasteiger partial charge on any atom is -0.476 e. The molecule has 2 aromatic heterocycles. The van der Waals surface area contributed by atoms with Crippen molar-refractivity contribution in [2.75, 3.05) is 32.2 Å². The molecule has 1 fully saturated rings. The highest BCUT2D eigenvalue weighted by atomic mass is 79.9. The van der Waals surface area contributed by atoms with Gasteiger partial charge in [0.05, 0.1) is 10.7 Å². The van der Waals surface area contributed by atoms with Gasteiger partial charge in [0.25, 0.3) is 5.91 Å². The van der Waals surface area contributed by atoms with Gasteiger partial charge in [-0.05, 0) is 47.3 Å². The van der Waals surface area contributed by atoms with Gasteiger partial charge in [-0.15, -0.1) is 0 Å². The third kappa shape index (κ3) is 3.81. The van der Waals surface area contributed by atoms with E-state index in [1.165, 1.54) is 0 Å². The van der Waals surface area contributed by atoms with Crippen molar-refractivity contribution in [3.8, 4) is 0 Å². The number of amides is 1. The maximum absolute atomic E-state index is 13.6. The molecule has 1 N–H and O–H groups in total. The van der Waals surface area contributed by atoms with E-state index in [4.69, 9.17) is 4.74 Å². The largest absolute Gasteiger partial charge is 0.476 e. The Morgan fingerprint density at radius 2 is 2.00 bits per heavy atom. The van der Waals surface area contributed by atoms with E-state index in [1.54, 1.807) is 16.9 Å². The molecule has 0 bridgehead atoms. The fraction of sp³-hybridized carbons (Fsp3) is 0.348. The first-order chi connectivity index (χ1) is 15.5. The summed E-state index contributed by atoms with van der Waals surface area (Å²) in [5.41, 5.74) is 3.17. The lowest BCUT2D eigenvalue weighted by atomic mass is 9.94. The summed E-state index contributed by atoms with van der Waals surface area (Å²) in [6, 6.07) is 7.98. The number of ether oxygens (including phenoxy) is 1. The van der Waals surface area contributed by atoms with Gasteiger partial charge in [-0.3, -0.25) is 4.79 Å². The summed E-state index contributed by atoms with van der Waals surface area (Å²) in [6.45, 7) is 3.99. The molecule has 0 atom stereocenters. The molecule has 0 saturated carbocycles. The van der Waals surface area contributed by atoms with Crippen molar-refractivity contribution in [3.05, 3.63) is 64.2 Å². The van der Waals surface area contributed by atoms with Gasteiger partial charge in [0.2, 0.25) is 0 Å². The number of anilines is 2. The Bertz CT molecular complexity index is 1200. The number of rotatable bonds is 4. The number of piperidine rings is 1. The number of allylic oxidation sites excluding steroid dienone is 1. The monoisotopic (exact) mass is 496 g/mol. The lowest BCUT2D eigenvalue weighted by Crippen LogP contribution is -2.39. The maximum Gasteiger partial charge on any atom is 0.259 e. The van der Waals surface area contributed by atoms with Gasteiger partial charge < -0.3 is 19.9 Å². The lowest BCUT2D eigenvalue weighted by Gasteiger charge is -2.32. The van der Waals surface area contributed by atoms with Crippen molar-refractivity contribution in [1.82, 2.24) is 24.4 Å². The van der Waals surface area contributed by atoms with E-state index in [2.05, 4.69) is 37.5 Å². The van der Waals surface area contributed by atoms with Gasteiger partial charge >= 0.3 is 0 Å². The van der Waals surface area contributed by atoms with Crippen LogP contribution in [0, 0.1) is 12.8 Å². The quantitative estimate of drug-likeness (QED) is 0.584. The van der Waals surface area contributed by atoms with Crippen molar-refractivity contribution in [2.45, 2.75) is 19.8 Å². The van der Waals surface area contributed by atoms with E-state index < -0.39 is 0 Å². The van der Waals surface area contributed by atoms with Crippen molar-refractivity contribution in [2.24, 2.45) is 5.92 Å². The van der Waals surface area contributed by atoms with Gasteiger partial charge in [0, 0.05) is 44.1 Å². The smallest absolute Gasteiger partial charge is 0.259 e. The molecule has 1 saturated heterocycles. The molecular weight excluding hydrogens is 472 g/mol. The molecule has 2 aliphatic rings. The average Bonchev–Trinajstić information content (AvgIpc) is 3.41. The number of carbonyl (C=O) groups excluding carboxylic acids is 1. The molecule has 0 spiro atoms. The Morgan fingerprint density at radius 3 is 2.72 bits per heavy atom. The number of hydrogen-bond donors (Lipinski definition) is 1. The van der Waals surface area contributed by atoms with Crippen LogP contribution in [0.1, 0.15) is 28.8 Å². The number of aromatic nitrogens is 3. The standard InChI is InChI=1S/C23H25BrN6O2/c1-15-5-3-4-6-19(15)27-21-17(11-25-22-18(24)12-26-30(21)22)23(31)29-9-7-16(8-10-29)20-13-28(2)14-32-20/h3-6,11-13,16,27H,7-10,14H2,1-2H3. The molecule has 1 aromatic carbocycles. The van der Waals surface area contributed by atoms with E-state index in [1.807, 2.05) is 48.0 Å². The van der Waals surface area contributed by atoms with Crippen LogP contribution in [0.15, 0.2) is 53.1 Å². The van der Waals surface area contributed by atoms with Gasteiger partial charge in [-0.1, -0.05) is 18.2 Å². The summed E-state index contributed by atoms with van der Waals surface area (Å²) >= 11 is 3.49. The van der Waals surface area contributed by atoms with Crippen LogP contribution in [0.5, 0.6) is 0 Å². The topological polar surface area (TPSA) is 75.0 Å². The van der Waals surface area contributed by atoms with Crippen molar-refractivity contribution >= 4 is 39.0 Å². The minimum atomic E-state index is -0.0426. The molecule has 2 aliphatic heterocycles. The first kappa shape index (κ1) is 20.8. The number of nitrogens with one attached hydrogen (secondary N) is 1. The Labute approximate surface area is 195 Å². The molecule has 3 aromatic rings. The number of benzene rings is 1.